The number of carbonyl (C=O) groups is 1. The maximum absolute atomic E-state index is 12.9. The molecule has 7 heteroatoms. The van der Waals surface area contributed by atoms with Gasteiger partial charge in [0.1, 0.15) is 12.4 Å². The first-order chi connectivity index (χ1) is 16.6. The quantitative estimate of drug-likeness (QED) is 0.328. The van der Waals surface area contributed by atoms with E-state index >= 15 is 0 Å². The van der Waals surface area contributed by atoms with Gasteiger partial charge < -0.3 is 18.9 Å². The lowest BCUT2D eigenvalue weighted by Gasteiger charge is -2.18. The van der Waals surface area contributed by atoms with Gasteiger partial charge in [0.25, 0.3) is 0 Å². The van der Waals surface area contributed by atoms with Crippen LogP contribution in [0.2, 0.25) is 5.02 Å². The molecular weight excluding hydrogens is 450 g/mol. The minimum Gasteiger partial charge on any atom is -0.490 e. The minimum atomic E-state index is -0.0189. The van der Waals surface area contributed by atoms with Crippen LogP contribution in [0, 0.1) is 0 Å². The largest absolute Gasteiger partial charge is 0.490 e. The predicted octanol–water partition coefficient (Wildman–Crippen LogP) is 5.69. The van der Waals surface area contributed by atoms with Crippen LogP contribution in [-0.2, 0) is 11.3 Å². The Morgan fingerprint density at radius 3 is 2.56 bits per heavy atom. The normalized spacial score (nSPS) is 15.8. The van der Waals surface area contributed by atoms with Gasteiger partial charge >= 0.3 is 0 Å². The second-order valence-corrected chi connectivity index (χ2v) is 8.66. The number of anilines is 1. The monoisotopic (exact) mass is 475 g/mol. The van der Waals surface area contributed by atoms with Crippen molar-refractivity contribution in [3.05, 3.63) is 83.6 Å². The summed E-state index contributed by atoms with van der Waals surface area (Å²) in [6.07, 6.45) is 0.407. The van der Waals surface area contributed by atoms with Gasteiger partial charge in [-0.05, 0) is 49.4 Å². The van der Waals surface area contributed by atoms with Gasteiger partial charge in [0.15, 0.2) is 11.5 Å². The van der Waals surface area contributed by atoms with E-state index < -0.39 is 0 Å². The van der Waals surface area contributed by atoms with Crippen LogP contribution in [0.15, 0.2) is 72.8 Å². The lowest BCUT2D eigenvalue weighted by molar-refractivity contribution is -0.117. The molecule has 3 aromatic carbocycles. The van der Waals surface area contributed by atoms with Crippen LogP contribution in [0.5, 0.6) is 11.5 Å². The molecule has 1 aliphatic rings. The SMILES string of the molecule is CCOc1ccccc1OCCn1c(C2CC(=O)N(c3cccc(Cl)c3)C2)nc2ccccc21. The zero-order chi connectivity index (χ0) is 23.5. The number of rotatable bonds is 8. The van der Waals surface area contributed by atoms with Gasteiger partial charge in [-0.2, -0.15) is 0 Å². The highest BCUT2D eigenvalue weighted by atomic mass is 35.5. The Morgan fingerprint density at radius 2 is 1.76 bits per heavy atom. The van der Waals surface area contributed by atoms with E-state index in [0.29, 0.717) is 37.7 Å². The van der Waals surface area contributed by atoms with Crippen LogP contribution in [0.25, 0.3) is 11.0 Å². The molecule has 174 valence electrons. The smallest absolute Gasteiger partial charge is 0.227 e. The highest BCUT2D eigenvalue weighted by molar-refractivity contribution is 6.30. The molecule has 1 atom stereocenters. The third kappa shape index (κ3) is 4.46. The molecule has 2 heterocycles. The first kappa shape index (κ1) is 22.3. The molecule has 0 N–H and O–H groups in total. The van der Waals surface area contributed by atoms with Gasteiger partial charge in [0.2, 0.25) is 5.91 Å². The van der Waals surface area contributed by atoms with E-state index in [-0.39, 0.29) is 11.8 Å². The average Bonchev–Trinajstić information content (AvgIpc) is 3.41. The van der Waals surface area contributed by atoms with Crippen LogP contribution in [0.1, 0.15) is 25.1 Å². The molecule has 0 radical (unpaired) electrons. The van der Waals surface area contributed by atoms with Crippen molar-refractivity contribution in [2.24, 2.45) is 0 Å². The fourth-order valence-corrected chi connectivity index (χ4v) is 4.69. The fraction of sp³-hybridized carbons (Fsp3) is 0.259. The Bertz CT molecular complexity index is 1320. The molecule has 0 bridgehead atoms. The van der Waals surface area contributed by atoms with Crippen molar-refractivity contribution in [3.8, 4) is 11.5 Å². The van der Waals surface area contributed by atoms with Crippen LogP contribution in [-0.4, -0.2) is 35.2 Å². The second-order valence-electron chi connectivity index (χ2n) is 8.22. The summed E-state index contributed by atoms with van der Waals surface area (Å²) in [5.74, 6) is 2.42. The summed E-state index contributed by atoms with van der Waals surface area (Å²) >= 11 is 6.16. The highest BCUT2D eigenvalue weighted by Gasteiger charge is 2.34. The van der Waals surface area contributed by atoms with Gasteiger partial charge in [0, 0.05) is 29.6 Å². The molecular formula is C27H26ClN3O3. The zero-order valence-electron chi connectivity index (χ0n) is 19.0. The summed E-state index contributed by atoms with van der Waals surface area (Å²) in [5.41, 5.74) is 2.77. The number of nitrogens with zero attached hydrogens (tertiary/aromatic N) is 3. The second kappa shape index (κ2) is 9.77. The number of amides is 1. The van der Waals surface area contributed by atoms with Gasteiger partial charge in [-0.3, -0.25) is 4.79 Å². The molecule has 1 aliphatic heterocycles. The molecule has 1 saturated heterocycles. The molecule has 34 heavy (non-hydrogen) atoms. The van der Waals surface area contributed by atoms with E-state index in [1.54, 1.807) is 4.90 Å². The van der Waals surface area contributed by atoms with E-state index in [9.17, 15) is 4.79 Å². The lowest BCUT2D eigenvalue weighted by Crippen LogP contribution is -2.24. The number of ether oxygens (including phenoxy) is 2. The minimum absolute atomic E-state index is 0.0189. The number of halogens is 1. The maximum Gasteiger partial charge on any atom is 0.227 e. The molecule has 0 aliphatic carbocycles. The highest BCUT2D eigenvalue weighted by Crippen LogP contribution is 2.34. The van der Waals surface area contributed by atoms with Crippen LogP contribution in [0.3, 0.4) is 0 Å². The third-order valence-corrected chi connectivity index (χ3v) is 6.25. The van der Waals surface area contributed by atoms with Crippen molar-refractivity contribution in [1.82, 2.24) is 9.55 Å². The summed E-state index contributed by atoms with van der Waals surface area (Å²) in [4.78, 5) is 19.6. The maximum atomic E-state index is 12.9. The Kier molecular flexibility index (Phi) is 6.41. The number of aromatic nitrogens is 2. The van der Waals surface area contributed by atoms with Gasteiger partial charge in [-0.1, -0.05) is 41.9 Å². The van der Waals surface area contributed by atoms with Crippen LogP contribution < -0.4 is 14.4 Å². The Hall–Kier alpha value is -3.51. The number of hydrogen-bond donors (Lipinski definition) is 0. The molecule has 4 aromatic rings. The van der Waals surface area contributed by atoms with Crippen molar-refractivity contribution in [2.45, 2.75) is 25.8 Å². The van der Waals surface area contributed by atoms with Crippen molar-refractivity contribution >= 4 is 34.2 Å². The summed E-state index contributed by atoms with van der Waals surface area (Å²) in [6.45, 7) is 4.16. The van der Waals surface area contributed by atoms with Crippen molar-refractivity contribution in [3.63, 3.8) is 0 Å². The molecule has 1 fully saturated rings. The molecule has 1 unspecified atom stereocenters. The number of benzene rings is 3. The van der Waals surface area contributed by atoms with E-state index in [0.717, 1.165) is 34.0 Å². The molecule has 1 amide bonds. The fourth-order valence-electron chi connectivity index (χ4n) is 4.51. The van der Waals surface area contributed by atoms with E-state index in [4.69, 9.17) is 26.1 Å². The van der Waals surface area contributed by atoms with Gasteiger partial charge in [0.05, 0.1) is 24.2 Å². The van der Waals surface area contributed by atoms with Gasteiger partial charge in [-0.25, -0.2) is 4.98 Å². The Balaban J connectivity index is 1.39. The zero-order valence-corrected chi connectivity index (χ0v) is 19.7. The molecule has 5 rings (SSSR count). The number of para-hydroxylation sites is 4. The number of carbonyl (C=O) groups excluding carboxylic acids is 1. The van der Waals surface area contributed by atoms with Crippen LogP contribution >= 0.6 is 11.6 Å². The molecule has 0 spiro atoms. The summed E-state index contributed by atoms with van der Waals surface area (Å²) in [7, 11) is 0. The summed E-state index contributed by atoms with van der Waals surface area (Å²) in [6, 6.07) is 23.2. The average molecular weight is 476 g/mol. The molecule has 6 nitrogen and oxygen atoms in total. The number of fused-ring (bicyclic) bond motifs is 1. The Morgan fingerprint density at radius 1 is 1.00 bits per heavy atom. The molecule has 1 aromatic heterocycles. The van der Waals surface area contributed by atoms with Crippen molar-refractivity contribution in [1.29, 1.82) is 0 Å². The van der Waals surface area contributed by atoms with Crippen LogP contribution in [0.4, 0.5) is 5.69 Å². The topological polar surface area (TPSA) is 56.6 Å². The lowest BCUT2D eigenvalue weighted by atomic mass is 10.1. The number of imidazole rings is 1. The first-order valence-corrected chi connectivity index (χ1v) is 11.9. The standard InChI is InChI=1S/C27H26ClN3O3/c1-2-33-24-12-5-6-13-25(24)34-15-14-30-23-11-4-3-10-22(23)29-27(30)19-16-26(32)31(18-19)21-9-7-8-20(28)17-21/h3-13,17,19H,2,14-16,18H2,1H3. The summed E-state index contributed by atoms with van der Waals surface area (Å²) in [5, 5.41) is 0.616. The first-order valence-electron chi connectivity index (χ1n) is 11.5. The Labute approximate surface area is 203 Å². The van der Waals surface area contributed by atoms with E-state index in [1.807, 2.05) is 73.7 Å². The molecule has 0 saturated carbocycles. The third-order valence-electron chi connectivity index (χ3n) is 6.02. The summed E-state index contributed by atoms with van der Waals surface area (Å²) < 4.78 is 13.9. The predicted molar refractivity (Wildman–Crippen MR) is 134 cm³/mol. The van der Waals surface area contributed by atoms with Gasteiger partial charge in [-0.15, -0.1) is 0 Å². The van der Waals surface area contributed by atoms with E-state index in [1.165, 1.54) is 0 Å². The van der Waals surface area contributed by atoms with Crippen molar-refractivity contribution in [2.75, 3.05) is 24.7 Å². The van der Waals surface area contributed by atoms with E-state index in [2.05, 4.69) is 10.6 Å². The number of hydrogen-bond acceptors (Lipinski definition) is 4. The van der Waals surface area contributed by atoms with Crippen molar-refractivity contribution < 1.29 is 14.3 Å².